The zero-order valence-electron chi connectivity index (χ0n) is 12.5. The van der Waals surface area contributed by atoms with Crippen LogP contribution in [0.4, 0.5) is 0 Å². The third-order valence-electron chi connectivity index (χ3n) is 5.90. The highest BCUT2D eigenvalue weighted by atomic mass is 35.5. The topological polar surface area (TPSA) is 29.1 Å². The van der Waals surface area contributed by atoms with Gasteiger partial charge >= 0.3 is 0 Å². The first-order valence-corrected chi connectivity index (χ1v) is 9.07. The SMILES string of the molecule is O=C(Cc1ccc(Cl)c(Cl)c1)NC1C2CC3CC(C2)CC1C3. The molecule has 4 heteroatoms. The van der Waals surface area contributed by atoms with Crippen molar-refractivity contribution in [3.63, 3.8) is 0 Å². The van der Waals surface area contributed by atoms with E-state index < -0.39 is 0 Å². The maximum atomic E-state index is 12.4. The lowest BCUT2D eigenvalue weighted by atomic mass is 9.54. The van der Waals surface area contributed by atoms with Gasteiger partial charge in [-0.25, -0.2) is 0 Å². The highest BCUT2D eigenvalue weighted by Crippen LogP contribution is 2.53. The third-order valence-corrected chi connectivity index (χ3v) is 6.64. The van der Waals surface area contributed by atoms with Crippen molar-refractivity contribution >= 4 is 29.1 Å². The van der Waals surface area contributed by atoms with Crippen molar-refractivity contribution in [1.29, 1.82) is 0 Å². The molecule has 22 heavy (non-hydrogen) atoms. The number of hydrogen-bond acceptors (Lipinski definition) is 1. The average molecular weight is 338 g/mol. The predicted molar refractivity (Wildman–Crippen MR) is 89.1 cm³/mol. The number of rotatable bonds is 3. The summed E-state index contributed by atoms with van der Waals surface area (Å²) in [6.07, 6.45) is 7.13. The molecule has 0 radical (unpaired) electrons. The van der Waals surface area contributed by atoms with Crippen LogP contribution in [0.15, 0.2) is 18.2 Å². The molecule has 1 aromatic rings. The second-order valence-corrected chi connectivity index (χ2v) is 8.26. The molecule has 4 saturated carbocycles. The van der Waals surface area contributed by atoms with Crippen LogP contribution < -0.4 is 5.32 Å². The van der Waals surface area contributed by atoms with Gasteiger partial charge in [-0.15, -0.1) is 0 Å². The molecule has 0 aliphatic heterocycles. The minimum atomic E-state index is 0.121. The third kappa shape index (κ3) is 2.76. The summed E-state index contributed by atoms with van der Waals surface area (Å²) >= 11 is 11.9. The first-order valence-electron chi connectivity index (χ1n) is 8.32. The molecule has 1 N–H and O–H groups in total. The van der Waals surface area contributed by atoms with E-state index in [1.54, 1.807) is 12.1 Å². The number of benzene rings is 1. The Labute approximate surface area is 141 Å². The van der Waals surface area contributed by atoms with E-state index >= 15 is 0 Å². The molecule has 4 aliphatic carbocycles. The van der Waals surface area contributed by atoms with E-state index in [2.05, 4.69) is 5.32 Å². The Morgan fingerprint density at radius 1 is 1.00 bits per heavy atom. The van der Waals surface area contributed by atoms with Crippen LogP contribution in [0.1, 0.15) is 37.7 Å². The maximum Gasteiger partial charge on any atom is 0.224 e. The molecule has 4 aliphatic rings. The standard InChI is InChI=1S/C18H21Cl2NO/c19-15-2-1-10(8-16(15)20)9-17(22)21-18-13-4-11-3-12(6-13)7-14(18)5-11/h1-2,8,11-14,18H,3-7,9H2,(H,21,22). The molecular weight excluding hydrogens is 317 g/mol. The minimum absolute atomic E-state index is 0.121. The smallest absolute Gasteiger partial charge is 0.224 e. The van der Waals surface area contributed by atoms with Gasteiger partial charge in [-0.2, -0.15) is 0 Å². The summed E-state index contributed by atoms with van der Waals surface area (Å²) in [7, 11) is 0. The van der Waals surface area contributed by atoms with E-state index in [1.165, 1.54) is 32.1 Å². The van der Waals surface area contributed by atoms with Crippen LogP contribution in [0.5, 0.6) is 0 Å². The van der Waals surface area contributed by atoms with Crippen LogP contribution in [0.2, 0.25) is 10.0 Å². The van der Waals surface area contributed by atoms with Crippen LogP contribution in [0, 0.1) is 23.7 Å². The molecule has 0 atom stereocenters. The van der Waals surface area contributed by atoms with Gasteiger partial charge in [-0.05, 0) is 73.5 Å². The fourth-order valence-corrected chi connectivity index (χ4v) is 5.55. The number of carbonyl (C=O) groups excluding carboxylic acids is 1. The van der Waals surface area contributed by atoms with Gasteiger partial charge in [0.15, 0.2) is 0 Å². The van der Waals surface area contributed by atoms with Crippen molar-refractivity contribution in [1.82, 2.24) is 5.32 Å². The second-order valence-electron chi connectivity index (χ2n) is 7.45. The van der Waals surface area contributed by atoms with E-state index in [0.29, 0.717) is 34.3 Å². The van der Waals surface area contributed by atoms with Gasteiger partial charge in [-0.3, -0.25) is 4.79 Å². The lowest BCUT2D eigenvalue weighted by Crippen LogP contribution is -2.56. The van der Waals surface area contributed by atoms with Crippen molar-refractivity contribution < 1.29 is 4.79 Å². The van der Waals surface area contributed by atoms with Crippen molar-refractivity contribution in [3.05, 3.63) is 33.8 Å². The summed E-state index contributed by atoms with van der Waals surface area (Å²) in [6, 6.07) is 5.84. The summed E-state index contributed by atoms with van der Waals surface area (Å²) in [6.45, 7) is 0. The van der Waals surface area contributed by atoms with Crippen molar-refractivity contribution in [2.45, 2.75) is 44.6 Å². The Morgan fingerprint density at radius 2 is 1.64 bits per heavy atom. The number of carbonyl (C=O) groups is 1. The van der Waals surface area contributed by atoms with Crippen LogP contribution in [0.3, 0.4) is 0 Å². The highest BCUT2D eigenvalue weighted by Gasteiger charge is 2.48. The van der Waals surface area contributed by atoms with Crippen molar-refractivity contribution in [2.75, 3.05) is 0 Å². The van der Waals surface area contributed by atoms with Gasteiger partial charge in [0.2, 0.25) is 5.91 Å². The minimum Gasteiger partial charge on any atom is -0.353 e. The summed E-state index contributed by atoms with van der Waals surface area (Å²) < 4.78 is 0. The Bertz CT molecular complexity index is 573. The summed E-state index contributed by atoms with van der Waals surface area (Å²) in [5, 5.41) is 4.38. The number of amides is 1. The molecule has 0 spiro atoms. The molecule has 0 unspecified atom stereocenters. The largest absolute Gasteiger partial charge is 0.353 e. The van der Waals surface area contributed by atoms with Crippen molar-refractivity contribution in [2.24, 2.45) is 23.7 Å². The monoisotopic (exact) mass is 337 g/mol. The van der Waals surface area contributed by atoms with Gasteiger partial charge < -0.3 is 5.32 Å². The second kappa shape index (κ2) is 5.72. The highest BCUT2D eigenvalue weighted by molar-refractivity contribution is 6.42. The summed E-state index contributed by atoms with van der Waals surface area (Å²) in [5.74, 6) is 3.43. The van der Waals surface area contributed by atoms with E-state index in [-0.39, 0.29) is 5.91 Å². The first kappa shape index (κ1) is 14.8. The van der Waals surface area contributed by atoms with E-state index in [4.69, 9.17) is 23.2 Å². The van der Waals surface area contributed by atoms with Gasteiger partial charge in [-0.1, -0.05) is 29.3 Å². The first-order chi connectivity index (χ1) is 10.6. The normalized spacial score (nSPS) is 35.6. The van der Waals surface area contributed by atoms with Gasteiger partial charge in [0.25, 0.3) is 0 Å². The quantitative estimate of drug-likeness (QED) is 0.865. The maximum absolute atomic E-state index is 12.4. The molecule has 0 saturated heterocycles. The Kier molecular flexibility index (Phi) is 3.86. The zero-order valence-corrected chi connectivity index (χ0v) is 14.0. The average Bonchev–Trinajstić information content (AvgIpc) is 2.46. The Balaban J connectivity index is 1.41. The molecular formula is C18H21Cl2NO. The molecule has 4 fully saturated rings. The van der Waals surface area contributed by atoms with Crippen LogP contribution in [0.25, 0.3) is 0 Å². The molecule has 4 bridgehead atoms. The van der Waals surface area contributed by atoms with E-state index in [1.807, 2.05) is 6.07 Å². The summed E-state index contributed by atoms with van der Waals surface area (Å²) in [4.78, 5) is 12.4. The number of hydrogen-bond donors (Lipinski definition) is 1. The molecule has 118 valence electrons. The number of halogens is 2. The molecule has 1 amide bonds. The fourth-order valence-electron chi connectivity index (χ4n) is 5.23. The Morgan fingerprint density at radius 3 is 2.23 bits per heavy atom. The van der Waals surface area contributed by atoms with Gasteiger partial charge in [0.05, 0.1) is 16.5 Å². The summed E-state index contributed by atoms with van der Waals surface area (Å²) in [5.41, 5.74) is 0.927. The van der Waals surface area contributed by atoms with Crippen molar-refractivity contribution in [3.8, 4) is 0 Å². The lowest BCUT2D eigenvalue weighted by Gasteiger charge is -2.54. The molecule has 1 aromatic carbocycles. The van der Waals surface area contributed by atoms with Gasteiger partial charge in [0, 0.05) is 6.04 Å². The van der Waals surface area contributed by atoms with Crippen LogP contribution in [-0.2, 0) is 11.2 Å². The Hall–Kier alpha value is -0.730. The number of nitrogens with one attached hydrogen (secondary N) is 1. The fraction of sp³-hybridized carbons (Fsp3) is 0.611. The van der Waals surface area contributed by atoms with E-state index in [9.17, 15) is 4.79 Å². The predicted octanol–water partition coefficient (Wildman–Crippen LogP) is 4.48. The van der Waals surface area contributed by atoms with Gasteiger partial charge in [0.1, 0.15) is 0 Å². The molecule has 2 nitrogen and oxygen atoms in total. The molecule has 0 aromatic heterocycles. The van der Waals surface area contributed by atoms with E-state index in [0.717, 1.165) is 17.4 Å². The zero-order chi connectivity index (χ0) is 15.3. The molecule has 0 heterocycles. The van der Waals surface area contributed by atoms with Crippen LogP contribution >= 0.6 is 23.2 Å². The van der Waals surface area contributed by atoms with Crippen LogP contribution in [-0.4, -0.2) is 11.9 Å². The lowest BCUT2D eigenvalue weighted by molar-refractivity contribution is -0.124. The molecule has 5 rings (SSSR count).